The van der Waals surface area contributed by atoms with E-state index in [1.807, 2.05) is 66.7 Å². The lowest BCUT2D eigenvalue weighted by atomic mass is 10.1. The predicted molar refractivity (Wildman–Crippen MR) is 108 cm³/mol. The summed E-state index contributed by atoms with van der Waals surface area (Å²) >= 11 is 0. The number of benzene rings is 3. The molecular weight excluding hydrogens is 354 g/mol. The molecule has 0 unspecified atom stereocenters. The van der Waals surface area contributed by atoms with Crippen LogP contribution in [0.2, 0.25) is 0 Å². The van der Waals surface area contributed by atoms with Crippen LogP contribution in [0.5, 0.6) is 5.75 Å². The van der Waals surface area contributed by atoms with Gasteiger partial charge < -0.3 is 14.4 Å². The van der Waals surface area contributed by atoms with Crippen LogP contribution in [-0.2, 0) is 20.9 Å². The number of hydrogen-bond acceptors (Lipinski definition) is 4. The lowest BCUT2D eigenvalue weighted by Gasteiger charge is -2.21. The van der Waals surface area contributed by atoms with Gasteiger partial charge in [-0.25, -0.2) is 4.79 Å². The first-order valence-corrected chi connectivity index (χ1v) is 9.13. The van der Waals surface area contributed by atoms with Gasteiger partial charge in [0.1, 0.15) is 5.75 Å². The van der Waals surface area contributed by atoms with Crippen LogP contribution in [0, 0.1) is 0 Å². The van der Waals surface area contributed by atoms with Crippen molar-refractivity contribution in [3.63, 3.8) is 0 Å². The van der Waals surface area contributed by atoms with Gasteiger partial charge in [-0.2, -0.15) is 0 Å². The number of amides is 1. The minimum Gasteiger partial charge on any atom is -0.482 e. The number of carbonyl (C=O) groups is 2. The molecule has 0 bridgehead atoms. The zero-order valence-electron chi connectivity index (χ0n) is 16.0. The highest BCUT2D eigenvalue weighted by atomic mass is 16.6. The molecule has 1 atom stereocenters. The van der Waals surface area contributed by atoms with E-state index in [1.165, 1.54) is 4.90 Å². The summed E-state index contributed by atoms with van der Waals surface area (Å²) in [6.07, 6.45) is -0.874. The quantitative estimate of drug-likeness (QED) is 0.588. The fraction of sp³-hybridized carbons (Fsp3) is 0.217. The first kappa shape index (κ1) is 19.4. The van der Waals surface area contributed by atoms with Crippen molar-refractivity contribution in [2.75, 3.05) is 13.7 Å². The van der Waals surface area contributed by atoms with E-state index in [1.54, 1.807) is 20.0 Å². The second kappa shape index (κ2) is 9.04. The van der Waals surface area contributed by atoms with E-state index in [2.05, 4.69) is 0 Å². The van der Waals surface area contributed by atoms with Crippen molar-refractivity contribution in [3.05, 3.63) is 78.4 Å². The second-order valence-corrected chi connectivity index (χ2v) is 6.61. The molecule has 0 aromatic heterocycles. The summed E-state index contributed by atoms with van der Waals surface area (Å²) in [7, 11) is 1.69. The molecule has 0 N–H and O–H groups in total. The number of likely N-dealkylation sites (N-methyl/N-ethyl adjacent to an activating group) is 1. The van der Waals surface area contributed by atoms with E-state index in [4.69, 9.17) is 9.47 Å². The molecule has 0 saturated heterocycles. The molecule has 0 radical (unpaired) electrons. The minimum atomic E-state index is -0.874. The van der Waals surface area contributed by atoms with Crippen LogP contribution < -0.4 is 4.74 Å². The van der Waals surface area contributed by atoms with Crippen LogP contribution in [0.15, 0.2) is 72.8 Å². The van der Waals surface area contributed by atoms with Crippen molar-refractivity contribution in [1.82, 2.24) is 4.90 Å². The lowest BCUT2D eigenvalue weighted by molar-refractivity contribution is -0.160. The van der Waals surface area contributed by atoms with Crippen LogP contribution in [0.4, 0.5) is 0 Å². The first-order valence-electron chi connectivity index (χ1n) is 9.13. The van der Waals surface area contributed by atoms with E-state index < -0.39 is 12.1 Å². The summed E-state index contributed by atoms with van der Waals surface area (Å²) in [6, 6.07) is 23.1. The molecule has 5 nitrogen and oxygen atoms in total. The molecule has 28 heavy (non-hydrogen) atoms. The Morgan fingerprint density at radius 3 is 2.36 bits per heavy atom. The molecule has 0 aliphatic rings. The third-order valence-electron chi connectivity index (χ3n) is 4.37. The van der Waals surface area contributed by atoms with Gasteiger partial charge in [-0.15, -0.1) is 0 Å². The van der Waals surface area contributed by atoms with E-state index >= 15 is 0 Å². The van der Waals surface area contributed by atoms with Gasteiger partial charge in [-0.1, -0.05) is 60.7 Å². The molecule has 0 aliphatic heterocycles. The summed E-state index contributed by atoms with van der Waals surface area (Å²) in [5.41, 5.74) is 1.01. The van der Waals surface area contributed by atoms with E-state index in [0.717, 1.165) is 16.3 Å². The zero-order chi connectivity index (χ0) is 19.9. The van der Waals surface area contributed by atoms with Crippen molar-refractivity contribution < 1.29 is 19.1 Å². The summed E-state index contributed by atoms with van der Waals surface area (Å²) < 4.78 is 10.7. The highest BCUT2D eigenvalue weighted by Gasteiger charge is 2.21. The first-order chi connectivity index (χ1) is 13.5. The molecule has 5 heteroatoms. The van der Waals surface area contributed by atoms with Crippen molar-refractivity contribution >= 4 is 22.6 Å². The van der Waals surface area contributed by atoms with Gasteiger partial charge in [0.15, 0.2) is 12.7 Å². The molecule has 144 valence electrons. The molecule has 0 fully saturated rings. The molecule has 3 aromatic rings. The lowest BCUT2D eigenvalue weighted by Crippen LogP contribution is -2.37. The molecule has 0 spiro atoms. The van der Waals surface area contributed by atoms with Crippen LogP contribution in [0.1, 0.15) is 12.5 Å². The van der Waals surface area contributed by atoms with Crippen LogP contribution in [0.3, 0.4) is 0 Å². The Morgan fingerprint density at radius 2 is 1.61 bits per heavy atom. The number of nitrogens with zero attached hydrogens (tertiary/aromatic N) is 1. The van der Waals surface area contributed by atoms with Gasteiger partial charge in [0.2, 0.25) is 0 Å². The fourth-order valence-corrected chi connectivity index (χ4v) is 2.93. The standard InChI is InChI=1S/C23H23NO4/c1-17(23(26)24(2)15-18-8-4-3-5-9-18)28-22(25)16-27-21-13-12-19-10-6-7-11-20(19)14-21/h3-14,17H,15-16H2,1-2H3/t17-/m0/s1. The van der Waals surface area contributed by atoms with Crippen LogP contribution >= 0.6 is 0 Å². The topological polar surface area (TPSA) is 55.8 Å². The van der Waals surface area contributed by atoms with E-state index in [9.17, 15) is 9.59 Å². The van der Waals surface area contributed by atoms with Crippen molar-refractivity contribution in [1.29, 1.82) is 0 Å². The van der Waals surface area contributed by atoms with Gasteiger partial charge in [-0.05, 0) is 35.4 Å². The Labute approximate surface area is 164 Å². The number of ether oxygens (including phenoxy) is 2. The van der Waals surface area contributed by atoms with Gasteiger partial charge in [0.05, 0.1) is 0 Å². The maximum Gasteiger partial charge on any atom is 0.344 e. The van der Waals surface area contributed by atoms with Crippen molar-refractivity contribution in [2.24, 2.45) is 0 Å². The molecular formula is C23H23NO4. The minimum absolute atomic E-state index is 0.252. The van der Waals surface area contributed by atoms with Crippen LogP contribution in [-0.4, -0.2) is 36.5 Å². The average Bonchev–Trinajstić information content (AvgIpc) is 2.72. The highest BCUT2D eigenvalue weighted by Crippen LogP contribution is 2.20. The SMILES string of the molecule is C[C@H](OC(=O)COc1ccc2ccccc2c1)C(=O)N(C)Cc1ccccc1. The smallest absolute Gasteiger partial charge is 0.344 e. The highest BCUT2D eigenvalue weighted by molar-refractivity contribution is 5.84. The number of esters is 1. The van der Waals surface area contributed by atoms with Gasteiger partial charge in [0.25, 0.3) is 5.91 Å². The summed E-state index contributed by atoms with van der Waals surface area (Å²) in [5, 5.41) is 2.12. The Morgan fingerprint density at radius 1 is 0.929 bits per heavy atom. The third kappa shape index (κ3) is 5.10. The molecule has 0 saturated carbocycles. The summed E-state index contributed by atoms with van der Waals surface area (Å²) in [5.74, 6) is -0.263. The molecule has 3 rings (SSSR count). The molecule has 3 aromatic carbocycles. The summed E-state index contributed by atoms with van der Waals surface area (Å²) in [4.78, 5) is 26.0. The van der Waals surface area contributed by atoms with Crippen molar-refractivity contribution in [2.45, 2.75) is 19.6 Å². The van der Waals surface area contributed by atoms with Crippen LogP contribution in [0.25, 0.3) is 10.8 Å². The number of carbonyl (C=O) groups excluding carboxylic acids is 2. The summed E-state index contributed by atoms with van der Waals surface area (Å²) in [6.45, 7) is 1.77. The Bertz CT molecular complexity index is 955. The Balaban J connectivity index is 1.49. The average molecular weight is 377 g/mol. The number of hydrogen-bond donors (Lipinski definition) is 0. The van der Waals surface area contributed by atoms with Crippen molar-refractivity contribution in [3.8, 4) is 5.75 Å². The Kier molecular flexibility index (Phi) is 6.27. The molecule has 0 heterocycles. The van der Waals surface area contributed by atoms with Gasteiger partial charge >= 0.3 is 5.97 Å². The third-order valence-corrected chi connectivity index (χ3v) is 4.37. The maximum absolute atomic E-state index is 12.4. The second-order valence-electron chi connectivity index (χ2n) is 6.61. The molecule has 1 amide bonds. The molecule has 0 aliphatic carbocycles. The fourth-order valence-electron chi connectivity index (χ4n) is 2.93. The normalized spacial score (nSPS) is 11.6. The predicted octanol–water partition coefficient (Wildman–Crippen LogP) is 3.81. The largest absolute Gasteiger partial charge is 0.482 e. The van der Waals surface area contributed by atoms with Gasteiger partial charge in [0, 0.05) is 13.6 Å². The van der Waals surface area contributed by atoms with E-state index in [-0.39, 0.29) is 12.5 Å². The maximum atomic E-state index is 12.4. The number of rotatable bonds is 7. The number of fused-ring (bicyclic) bond motifs is 1. The van der Waals surface area contributed by atoms with E-state index in [0.29, 0.717) is 12.3 Å². The Hall–Kier alpha value is -3.34. The zero-order valence-corrected chi connectivity index (χ0v) is 16.0. The van der Waals surface area contributed by atoms with Gasteiger partial charge in [-0.3, -0.25) is 4.79 Å². The monoisotopic (exact) mass is 377 g/mol.